The van der Waals surface area contributed by atoms with Gasteiger partial charge in [-0.2, -0.15) is 0 Å². The number of nitrogens with zero attached hydrogens (tertiary/aromatic N) is 1. The normalized spacial score (nSPS) is 14.4. The summed E-state index contributed by atoms with van der Waals surface area (Å²) >= 11 is 0. The summed E-state index contributed by atoms with van der Waals surface area (Å²) in [7, 11) is 1.34. The molecule has 0 aliphatic rings. The maximum atomic E-state index is 12.6. The van der Waals surface area contributed by atoms with Crippen LogP contribution in [0.1, 0.15) is 142 Å². The Kier molecular flexibility index (Phi) is 31.1. The number of carbonyl (C=O) groups is 1. The molecule has 47 heavy (non-hydrogen) atoms. The molecular weight excluding hydrogens is 613 g/mol. The molecule has 8 nitrogen and oxygen atoms in total. The van der Waals surface area contributed by atoms with E-state index in [1.165, 1.54) is 57.8 Å². The zero-order valence-electron chi connectivity index (χ0n) is 31.0. The molecule has 0 rings (SSSR count). The molecule has 0 aliphatic heterocycles. The first-order valence-electron chi connectivity index (χ1n) is 18.7. The van der Waals surface area contributed by atoms with E-state index < -0.39 is 13.9 Å². The Morgan fingerprint density at radius 1 is 0.660 bits per heavy atom. The Bertz CT molecular complexity index is 853. The Hall–Kier alpha value is -1.28. The fraction of sp³-hybridized carbons (Fsp3) is 0.816. The second kappa shape index (κ2) is 32.0. The molecule has 0 fully saturated rings. The maximum absolute atomic E-state index is 12.6. The van der Waals surface area contributed by atoms with E-state index in [-0.39, 0.29) is 25.8 Å². The third-order valence-corrected chi connectivity index (χ3v) is 8.61. The van der Waals surface area contributed by atoms with Gasteiger partial charge in [-0.3, -0.25) is 9.36 Å². The summed E-state index contributed by atoms with van der Waals surface area (Å²) in [6.07, 6.45) is 34.3. The maximum Gasteiger partial charge on any atom is 0.306 e. The summed E-state index contributed by atoms with van der Waals surface area (Å²) < 4.78 is 34.4. The zero-order chi connectivity index (χ0) is 34.9. The predicted molar refractivity (Wildman–Crippen MR) is 194 cm³/mol. The number of allylic oxidation sites excluding steroid dienone is 6. The van der Waals surface area contributed by atoms with Gasteiger partial charge in [0.2, 0.25) is 0 Å². The number of hydrogen-bond acceptors (Lipinski definition) is 7. The summed E-state index contributed by atoms with van der Waals surface area (Å²) in [4.78, 5) is 24.9. The highest BCUT2D eigenvalue weighted by Crippen LogP contribution is 2.38. The number of esters is 1. The van der Waals surface area contributed by atoms with Crippen LogP contribution in [-0.2, 0) is 27.9 Å². The largest absolute Gasteiger partial charge is 0.756 e. The van der Waals surface area contributed by atoms with Crippen LogP contribution in [0, 0.1) is 0 Å². The van der Waals surface area contributed by atoms with Crippen molar-refractivity contribution < 1.29 is 37.3 Å². The Balaban J connectivity index is 4.35. The van der Waals surface area contributed by atoms with Gasteiger partial charge in [-0.15, -0.1) is 0 Å². The van der Waals surface area contributed by atoms with E-state index in [2.05, 4.69) is 50.3 Å². The number of ether oxygens (including phenoxy) is 2. The summed E-state index contributed by atoms with van der Waals surface area (Å²) in [5.41, 5.74) is 0. The highest BCUT2D eigenvalue weighted by atomic mass is 31.2. The average Bonchev–Trinajstić information content (AvgIpc) is 3.01. The second-order valence-electron chi connectivity index (χ2n) is 13.6. The number of carbonyl (C=O) groups excluding carboxylic acids is 1. The Morgan fingerprint density at radius 2 is 1.21 bits per heavy atom. The first-order valence-corrected chi connectivity index (χ1v) is 20.2. The predicted octanol–water partition coefficient (Wildman–Crippen LogP) is 9.63. The van der Waals surface area contributed by atoms with Gasteiger partial charge in [0, 0.05) is 13.0 Å². The van der Waals surface area contributed by atoms with Crippen molar-refractivity contribution in [2.75, 3.05) is 54.1 Å². The van der Waals surface area contributed by atoms with Crippen LogP contribution in [0.15, 0.2) is 36.5 Å². The van der Waals surface area contributed by atoms with Gasteiger partial charge in [0.1, 0.15) is 19.3 Å². The quantitative estimate of drug-likeness (QED) is 0.0219. The van der Waals surface area contributed by atoms with E-state index in [0.29, 0.717) is 24.1 Å². The summed E-state index contributed by atoms with van der Waals surface area (Å²) in [5.74, 6) is -0.353. The van der Waals surface area contributed by atoms with Gasteiger partial charge in [-0.05, 0) is 57.8 Å². The topological polar surface area (TPSA) is 94.1 Å². The van der Waals surface area contributed by atoms with E-state index in [1.807, 2.05) is 21.1 Å². The number of rotatable bonds is 34. The summed E-state index contributed by atoms with van der Waals surface area (Å²) in [6, 6.07) is 0. The molecule has 9 heteroatoms. The highest BCUT2D eigenvalue weighted by molar-refractivity contribution is 7.45. The lowest BCUT2D eigenvalue weighted by atomic mass is 10.1. The van der Waals surface area contributed by atoms with Crippen molar-refractivity contribution in [3.8, 4) is 0 Å². The van der Waals surface area contributed by atoms with Gasteiger partial charge in [0.25, 0.3) is 7.82 Å². The molecule has 0 aliphatic carbocycles. The molecule has 0 saturated heterocycles. The number of phosphoric acid groups is 1. The van der Waals surface area contributed by atoms with Crippen molar-refractivity contribution in [2.24, 2.45) is 0 Å². The first-order chi connectivity index (χ1) is 22.6. The molecule has 0 spiro atoms. The third kappa shape index (κ3) is 35.8. The van der Waals surface area contributed by atoms with Crippen LogP contribution >= 0.6 is 7.82 Å². The Labute approximate surface area is 289 Å². The van der Waals surface area contributed by atoms with Crippen molar-refractivity contribution >= 4 is 13.8 Å². The molecule has 0 aromatic carbocycles. The van der Waals surface area contributed by atoms with Crippen molar-refractivity contribution in [3.05, 3.63) is 36.5 Å². The fourth-order valence-electron chi connectivity index (χ4n) is 4.68. The number of likely N-dealkylation sites (N-methyl/N-ethyl adjacent to an activating group) is 1. The van der Waals surface area contributed by atoms with Crippen molar-refractivity contribution in [1.82, 2.24) is 0 Å². The van der Waals surface area contributed by atoms with Crippen LogP contribution in [0.3, 0.4) is 0 Å². The van der Waals surface area contributed by atoms with Crippen molar-refractivity contribution in [2.45, 2.75) is 148 Å². The van der Waals surface area contributed by atoms with Crippen LogP contribution < -0.4 is 4.89 Å². The van der Waals surface area contributed by atoms with Gasteiger partial charge in [0.05, 0.1) is 34.4 Å². The molecule has 0 amide bonds. The molecule has 0 aromatic rings. The lowest BCUT2D eigenvalue weighted by molar-refractivity contribution is -0.870. The fourth-order valence-corrected chi connectivity index (χ4v) is 5.41. The van der Waals surface area contributed by atoms with Crippen LogP contribution in [0.2, 0.25) is 0 Å². The molecule has 0 aromatic heterocycles. The summed E-state index contributed by atoms with van der Waals surface area (Å²) in [6.45, 7) is 5.26. The van der Waals surface area contributed by atoms with Crippen LogP contribution in [-0.4, -0.2) is 70.7 Å². The molecule has 0 radical (unpaired) electrons. The molecule has 0 saturated carbocycles. The van der Waals surface area contributed by atoms with E-state index >= 15 is 0 Å². The van der Waals surface area contributed by atoms with Gasteiger partial charge >= 0.3 is 5.97 Å². The van der Waals surface area contributed by atoms with Crippen molar-refractivity contribution in [1.29, 1.82) is 0 Å². The van der Waals surface area contributed by atoms with E-state index in [0.717, 1.165) is 64.2 Å². The van der Waals surface area contributed by atoms with Crippen LogP contribution in [0.25, 0.3) is 0 Å². The lowest BCUT2D eigenvalue weighted by Crippen LogP contribution is -2.37. The number of quaternary nitrogens is 1. The average molecular weight is 686 g/mol. The highest BCUT2D eigenvalue weighted by Gasteiger charge is 2.20. The van der Waals surface area contributed by atoms with E-state index in [9.17, 15) is 14.3 Å². The Morgan fingerprint density at radius 3 is 1.83 bits per heavy atom. The SMILES string of the molecule is CCC/C=C\CCCCCCCCOCC(COP(=O)([O-])OCC[N+](C)(C)C)OC(=O)CCCCCCC/C=C\C/C=C\CCCC. The number of hydrogen-bond donors (Lipinski definition) is 0. The molecule has 0 bridgehead atoms. The van der Waals surface area contributed by atoms with Gasteiger partial charge in [0.15, 0.2) is 0 Å². The third-order valence-electron chi connectivity index (χ3n) is 7.64. The molecule has 276 valence electrons. The standard InChI is InChI=1S/C38H72NO7P/c1-6-8-10-12-14-16-18-19-20-21-23-25-27-29-31-38(40)46-37(36-45-47(41,42)44-34-32-39(3,4)5)35-43-33-30-28-26-24-22-17-15-13-11-9-7-2/h11-14,18-19,37H,6-10,15-17,20-36H2,1-5H3/b13-11-,14-12-,19-18-. The first kappa shape index (κ1) is 45.7. The van der Waals surface area contributed by atoms with Gasteiger partial charge in [-0.1, -0.05) is 115 Å². The summed E-state index contributed by atoms with van der Waals surface area (Å²) in [5, 5.41) is 0. The lowest BCUT2D eigenvalue weighted by Gasteiger charge is -2.28. The number of unbranched alkanes of at least 4 members (excludes halogenated alkanes) is 14. The van der Waals surface area contributed by atoms with E-state index in [1.54, 1.807) is 0 Å². The molecule has 0 heterocycles. The number of phosphoric ester groups is 1. The van der Waals surface area contributed by atoms with Gasteiger partial charge in [-0.25, -0.2) is 0 Å². The molecule has 2 atom stereocenters. The van der Waals surface area contributed by atoms with Crippen molar-refractivity contribution in [3.63, 3.8) is 0 Å². The smallest absolute Gasteiger partial charge is 0.306 e. The zero-order valence-corrected chi connectivity index (χ0v) is 31.9. The van der Waals surface area contributed by atoms with Gasteiger partial charge < -0.3 is 27.9 Å². The minimum Gasteiger partial charge on any atom is -0.756 e. The monoisotopic (exact) mass is 686 g/mol. The minimum absolute atomic E-state index is 0.0214. The minimum atomic E-state index is -4.52. The van der Waals surface area contributed by atoms with Crippen LogP contribution in [0.5, 0.6) is 0 Å². The van der Waals surface area contributed by atoms with E-state index in [4.69, 9.17) is 18.5 Å². The molecular formula is C38H72NO7P. The molecule has 0 N–H and O–H groups in total. The van der Waals surface area contributed by atoms with Crippen LogP contribution in [0.4, 0.5) is 0 Å². The molecule has 2 unspecified atom stereocenters. The second-order valence-corrected chi connectivity index (χ2v) is 15.0.